The number of allylic oxidation sites excluding steroid dienone is 2. The summed E-state index contributed by atoms with van der Waals surface area (Å²) in [7, 11) is 1.51. The molecule has 4 fully saturated rings. The number of rotatable bonds is 1. The van der Waals surface area contributed by atoms with E-state index in [1.54, 1.807) is 0 Å². The molecule has 0 spiro atoms. The first-order valence-electron chi connectivity index (χ1n) is 14.5. The molecule has 5 rings (SSSR count). The number of oxime groups is 1. The van der Waals surface area contributed by atoms with Crippen LogP contribution < -0.4 is 0 Å². The number of methoxy groups -OCH3 is 1. The van der Waals surface area contributed by atoms with Crippen LogP contribution >= 0.6 is 0 Å². The molecule has 8 unspecified atom stereocenters. The highest BCUT2D eigenvalue weighted by Crippen LogP contribution is 2.70. The summed E-state index contributed by atoms with van der Waals surface area (Å²) in [6, 6.07) is 0. The van der Waals surface area contributed by atoms with Crippen LogP contribution in [-0.2, 0) is 14.3 Å². The van der Waals surface area contributed by atoms with Crippen molar-refractivity contribution in [3.8, 4) is 0 Å². The molecular weight excluding hydrogens is 450 g/mol. The molecule has 202 valence electrons. The molecule has 5 aliphatic carbocycles. The zero-order chi connectivity index (χ0) is 26.7. The summed E-state index contributed by atoms with van der Waals surface area (Å²) in [5, 5.41) is 13.2. The van der Waals surface area contributed by atoms with Crippen LogP contribution in [0.2, 0.25) is 0 Å². The Balaban J connectivity index is 0.00000148. The van der Waals surface area contributed by atoms with Crippen molar-refractivity contribution < 1.29 is 19.5 Å². The molecule has 0 aromatic carbocycles. The molecule has 4 saturated carbocycles. The number of carbonyl (C=O) groups is 2. The van der Waals surface area contributed by atoms with E-state index in [0.29, 0.717) is 5.92 Å². The predicted molar refractivity (Wildman–Crippen MR) is 143 cm³/mol. The summed E-state index contributed by atoms with van der Waals surface area (Å²) < 4.78 is 5.39. The Bertz CT molecular complexity index is 966. The number of hydrogen-bond acceptors (Lipinski definition) is 5. The summed E-state index contributed by atoms with van der Waals surface area (Å²) in [4.78, 5) is 27.3. The molecule has 5 nitrogen and oxygen atoms in total. The summed E-state index contributed by atoms with van der Waals surface area (Å²) in [6.07, 6.45) is 10.5. The third-order valence-electron chi connectivity index (χ3n) is 11.7. The van der Waals surface area contributed by atoms with Crippen LogP contribution in [-0.4, -0.2) is 29.8 Å². The maximum absolute atomic E-state index is 14.1. The van der Waals surface area contributed by atoms with Gasteiger partial charge in [0, 0.05) is 11.8 Å². The lowest BCUT2D eigenvalue weighted by Crippen LogP contribution is -2.61. The lowest BCUT2D eigenvalue weighted by Gasteiger charge is -2.64. The van der Waals surface area contributed by atoms with Gasteiger partial charge in [0.2, 0.25) is 0 Å². The zero-order valence-electron chi connectivity index (χ0n) is 23.9. The molecule has 0 aromatic heterocycles. The van der Waals surface area contributed by atoms with Gasteiger partial charge in [0.1, 0.15) is 0 Å². The van der Waals surface area contributed by atoms with Gasteiger partial charge in [-0.15, -0.1) is 0 Å². The van der Waals surface area contributed by atoms with E-state index in [2.05, 4.69) is 39.8 Å². The molecule has 5 aliphatic rings. The Morgan fingerprint density at radius 1 is 0.972 bits per heavy atom. The molecule has 1 N–H and O–H groups in total. The van der Waals surface area contributed by atoms with Crippen LogP contribution in [0.4, 0.5) is 0 Å². The van der Waals surface area contributed by atoms with Crippen LogP contribution in [0.15, 0.2) is 16.8 Å². The van der Waals surface area contributed by atoms with E-state index in [-0.39, 0.29) is 51.7 Å². The molecule has 0 radical (unpaired) electrons. The standard InChI is InChI=1S/C29H43NO4.C2H6/c1-17-18-7-10-28(5)19-8-12-29(25(32)34-6)14-13-26(2,3)16-20(29)24(19)22(31)15-23(28)27(18,4)11-9-21(17)30-33;1-2/h15,17-20,24,33H,7-14,16H2,1-6H3;1-2H3/b30-21+;. The average molecular weight is 500 g/mol. The van der Waals surface area contributed by atoms with Gasteiger partial charge in [-0.05, 0) is 97.9 Å². The first-order valence-corrected chi connectivity index (χ1v) is 14.5. The van der Waals surface area contributed by atoms with Gasteiger partial charge in [0.15, 0.2) is 5.78 Å². The fraction of sp³-hybridized carbons (Fsp3) is 0.839. The second-order valence-electron chi connectivity index (χ2n) is 13.6. The van der Waals surface area contributed by atoms with Crippen LogP contribution in [0, 0.1) is 51.2 Å². The minimum Gasteiger partial charge on any atom is -0.469 e. The van der Waals surface area contributed by atoms with E-state index in [1.807, 2.05) is 19.9 Å². The van der Waals surface area contributed by atoms with Crippen LogP contribution in [0.3, 0.4) is 0 Å². The highest BCUT2D eigenvalue weighted by molar-refractivity contribution is 5.96. The van der Waals surface area contributed by atoms with Crippen molar-refractivity contribution in [2.24, 2.45) is 56.4 Å². The Morgan fingerprint density at radius 3 is 2.25 bits per heavy atom. The van der Waals surface area contributed by atoms with Gasteiger partial charge in [-0.25, -0.2) is 0 Å². The van der Waals surface area contributed by atoms with E-state index >= 15 is 0 Å². The number of fused-ring (bicyclic) bond motifs is 7. The number of ketones is 1. The number of ether oxygens (including phenoxy) is 1. The predicted octanol–water partition coefficient (Wildman–Crippen LogP) is 7.22. The molecule has 0 bridgehead atoms. The number of nitrogens with zero attached hydrogens (tertiary/aromatic N) is 1. The Labute approximate surface area is 218 Å². The first kappa shape index (κ1) is 27.4. The minimum absolute atomic E-state index is 0.0126. The van der Waals surface area contributed by atoms with Gasteiger partial charge in [0.05, 0.1) is 18.2 Å². The van der Waals surface area contributed by atoms with Crippen molar-refractivity contribution in [1.82, 2.24) is 0 Å². The normalized spacial score (nSPS) is 46.1. The second-order valence-corrected chi connectivity index (χ2v) is 13.6. The molecule has 0 aliphatic heterocycles. The minimum atomic E-state index is -0.504. The number of hydrogen-bond donors (Lipinski definition) is 1. The van der Waals surface area contributed by atoms with E-state index in [4.69, 9.17) is 4.74 Å². The summed E-state index contributed by atoms with van der Waals surface area (Å²) in [6.45, 7) is 15.6. The van der Waals surface area contributed by atoms with Crippen molar-refractivity contribution >= 4 is 17.5 Å². The van der Waals surface area contributed by atoms with Gasteiger partial charge in [-0.2, -0.15) is 0 Å². The second kappa shape index (κ2) is 9.27. The summed E-state index contributed by atoms with van der Waals surface area (Å²) in [5.41, 5.74) is 1.85. The smallest absolute Gasteiger partial charge is 0.312 e. The maximum Gasteiger partial charge on any atom is 0.312 e. The fourth-order valence-electron chi connectivity index (χ4n) is 9.79. The van der Waals surface area contributed by atoms with Gasteiger partial charge < -0.3 is 9.94 Å². The largest absolute Gasteiger partial charge is 0.469 e. The van der Waals surface area contributed by atoms with E-state index in [1.165, 1.54) is 12.7 Å². The summed E-state index contributed by atoms with van der Waals surface area (Å²) in [5.74, 6) is 1.07. The quantitative estimate of drug-likeness (QED) is 0.235. The molecule has 5 heteroatoms. The molecule has 8 atom stereocenters. The number of esters is 1. The maximum atomic E-state index is 14.1. The molecule has 0 saturated heterocycles. The highest BCUT2D eigenvalue weighted by atomic mass is 16.5. The Kier molecular flexibility index (Phi) is 7.05. The summed E-state index contributed by atoms with van der Waals surface area (Å²) >= 11 is 0. The monoisotopic (exact) mass is 499 g/mol. The van der Waals surface area contributed by atoms with E-state index in [9.17, 15) is 14.8 Å². The van der Waals surface area contributed by atoms with Crippen LogP contribution in [0.1, 0.15) is 106 Å². The van der Waals surface area contributed by atoms with Gasteiger partial charge in [-0.3, -0.25) is 9.59 Å². The van der Waals surface area contributed by atoms with Crippen molar-refractivity contribution in [2.45, 2.75) is 106 Å². The SMILES string of the molecule is CC.COC(=O)C12CCC3C(C(=O)C=C4C5(C)CC/C(=N\O)C(C)C5CCC43C)C1CC(C)(C)CC2. The average Bonchev–Trinajstić information content (AvgIpc) is 2.85. The lowest BCUT2D eigenvalue weighted by atomic mass is 9.39. The third-order valence-corrected chi connectivity index (χ3v) is 11.7. The Hall–Kier alpha value is -1.65. The topological polar surface area (TPSA) is 76.0 Å². The van der Waals surface area contributed by atoms with Crippen molar-refractivity contribution in [3.05, 3.63) is 11.6 Å². The van der Waals surface area contributed by atoms with Gasteiger partial charge >= 0.3 is 5.97 Å². The van der Waals surface area contributed by atoms with Gasteiger partial charge in [-0.1, -0.05) is 59.2 Å². The first-order chi connectivity index (χ1) is 16.9. The zero-order valence-corrected chi connectivity index (χ0v) is 23.9. The third kappa shape index (κ3) is 3.73. The lowest BCUT2D eigenvalue weighted by molar-refractivity contribution is -0.178. The van der Waals surface area contributed by atoms with Crippen molar-refractivity contribution in [1.29, 1.82) is 0 Å². The van der Waals surface area contributed by atoms with Crippen LogP contribution in [0.25, 0.3) is 0 Å². The fourth-order valence-corrected chi connectivity index (χ4v) is 9.79. The number of carbonyl (C=O) groups excluding carboxylic acids is 2. The van der Waals surface area contributed by atoms with Crippen LogP contribution in [0.5, 0.6) is 0 Å². The van der Waals surface area contributed by atoms with Gasteiger partial charge in [0.25, 0.3) is 0 Å². The molecule has 0 amide bonds. The van der Waals surface area contributed by atoms with Crippen molar-refractivity contribution in [3.63, 3.8) is 0 Å². The molecular formula is C31H49NO4. The molecule has 0 aromatic rings. The highest BCUT2D eigenvalue weighted by Gasteiger charge is 2.66. The molecule has 36 heavy (non-hydrogen) atoms. The van der Waals surface area contributed by atoms with E-state index in [0.717, 1.165) is 63.5 Å². The van der Waals surface area contributed by atoms with Crippen molar-refractivity contribution in [2.75, 3.05) is 7.11 Å². The molecule has 0 heterocycles. The Morgan fingerprint density at radius 2 is 1.61 bits per heavy atom. The van der Waals surface area contributed by atoms with E-state index < -0.39 is 5.41 Å².